The molecular weight excluding hydrogens is 423 g/mol. The van der Waals surface area contributed by atoms with E-state index in [2.05, 4.69) is 15.4 Å². The van der Waals surface area contributed by atoms with Crippen LogP contribution in [0.4, 0.5) is 5.69 Å². The van der Waals surface area contributed by atoms with Crippen molar-refractivity contribution in [2.45, 2.75) is 6.54 Å². The van der Waals surface area contributed by atoms with Gasteiger partial charge in [-0.2, -0.15) is 5.10 Å². The Labute approximate surface area is 183 Å². The van der Waals surface area contributed by atoms with Gasteiger partial charge in [0.05, 0.1) is 12.2 Å². The third-order valence-corrected chi connectivity index (χ3v) is 4.75. The Hall–Kier alpha value is -3.35. The van der Waals surface area contributed by atoms with Gasteiger partial charge in [0.25, 0.3) is 5.91 Å². The van der Waals surface area contributed by atoms with Crippen molar-refractivity contribution in [2.24, 2.45) is 0 Å². The van der Waals surface area contributed by atoms with Crippen LogP contribution < -0.4 is 10.1 Å². The van der Waals surface area contributed by atoms with E-state index in [0.29, 0.717) is 39.3 Å². The number of anilines is 1. The molecule has 6 nitrogen and oxygen atoms in total. The molecule has 1 aromatic heterocycles. The summed E-state index contributed by atoms with van der Waals surface area (Å²) in [5.74, 6) is 0.790. The number of aromatic nitrogens is 3. The molecule has 0 saturated heterocycles. The molecule has 3 aromatic carbocycles. The molecule has 0 aliphatic heterocycles. The van der Waals surface area contributed by atoms with Gasteiger partial charge < -0.3 is 10.1 Å². The second-order valence-corrected chi connectivity index (χ2v) is 7.31. The van der Waals surface area contributed by atoms with Crippen molar-refractivity contribution < 1.29 is 9.53 Å². The molecule has 8 heteroatoms. The molecule has 1 N–H and O–H groups in total. The molecule has 0 saturated carbocycles. The van der Waals surface area contributed by atoms with Crippen molar-refractivity contribution in [3.63, 3.8) is 0 Å². The number of nitrogens with zero attached hydrogens (tertiary/aromatic N) is 3. The van der Waals surface area contributed by atoms with Gasteiger partial charge >= 0.3 is 0 Å². The molecule has 30 heavy (non-hydrogen) atoms. The predicted molar refractivity (Wildman–Crippen MR) is 116 cm³/mol. The number of hydrogen-bond acceptors (Lipinski definition) is 4. The van der Waals surface area contributed by atoms with Crippen molar-refractivity contribution >= 4 is 34.8 Å². The predicted octanol–water partition coefficient (Wildman–Crippen LogP) is 5.68. The molecule has 0 aliphatic carbocycles. The van der Waals surface area contributed by atoms with Crippen LogP contribution in [0.25, 0.3) is 0 Å². The summed E-state index contributed by atoms with van der Waals surface area (Å²) in [5, 5.41) is 8.03. The number of carbonyl (C=O) groups is 1. The molecule has 4 rings (SSSR count). The van der Waals surface area contributed by atoms with E-state index in [0.717, 1.165) is 5.56 Å². The number of nitrogens with one attached hydrogen (secondary N) is 1. The van der Waals surface area contributed by atoms with Gasteiger partial charge in [-0.25, -0.2) is 9.67 Å². The van der Waals surface area contributed by atoms with Gasteiger partial charge in [-0.1, -0.05) is 35.3 Å². The number of benzene rings is 3. The van der Waals surface area contributed by atoms with E-state index in [1.54, 1.807) is 65.6 Å². The summed E-state index contributed by atoms with van der Waals surface area (Å²) >= 11 is 12.0. The molecule has 0 atom stereocenters. The van der Waals surface area contributed by atoms with E-state index in [1.807, 2.05) is 12.1 Å². The van der Waals surface area contributed by atoms with E-state index in [1.165, 1.54) is 6.33 Å². The molecule has 0 spiro atoms. The van der Waals surface area contributed by atoms with Crippen LogP contribution in [-0.4, -0.2) is 20.7 Å². The van der Waals surface area contributed by atoms with E-state index in [9.17, 15) is 4.79 Å². The van der Waals surface area contributed by atoms with Gasteiger partial charge in [-0.15, -0.1) is 0 Å². The molecule has 4 aromatic rings. The van der Waals surface area contributed by atoms with E-state index < -0.39 is 0 Å². The lowest BCUT2D eigenvalue weighted by molar-refractivity contribution is 0.102. The number of carbonyl (C=O) groups excluding carboxylic acids is 1. The Bertz CT molecular complexity index is 1140. The lowest BCUT2D eigenvalue weighted by Crippen LogP contribution is -2.12. The van der Waals surface area contributed by atoms with E-state index in [4.69, 9.17) is 27.9 Å². The highest BCUT2D eigenvalue weighted by Crippen LogP contribution is 2.32. The normalized spacial score (nSPS) is 10.6. The van der Waals surface area contributed by atoms with Crippen LogP contribution in [0.5, 0.6) is 11.5 Å². The van der Waals surface area contributed by atoms with Gasteiger partial charge in [-0.3, -0.25) is 4.79 Å². The highest BCUT2D eigenvalue weighted by Gasteiger charge is 2.12. The number of amides is 1. The zero-order valence-corrected chi connectivity index (χ0v) is 17.1. The van der Waals surface area contributed by atoms with E-state index >= 15 is 0 Å². The summed E-state index contributed by atoms with van der Waals surface area (Å²) in [5.41, 5.74) is 1.98. The first-order chi connectivity index (χ1) is 14.6. The minimum Gasteiger partial charge on any atom is -0.455 e. The Balaban J connectivity index is 1.49. The molecular formula is C22H16Cl2N4O2. The maximum absolute atomic E-state index is 12.7. The van der Waals surface area contributed by atoms with Gasteiger partial charge in [-0.05, 0) is 60.2 Å². The monoisotopic (exact) mass is 438 g/mol. The minimum atomic E-state index is -0.273. The van der Waals surface area contributed by atoms with Gasteiger partial charge in [0.15, 0.2) is 5.75 Å². The number of halogens is 2. The second kappa shape index (κ2) is 8.98. The lowest BCUT2D eigenvalue weighted by Gasteiger charge is -2.13. The highest BCUT2D eigenvalue weighted by molar-refractivity contribution is 6.31. The Morgan fingerprint density at radius 3 is 2.40 bits per heavy atom. The third kappa shape index (κ3) is 4.97. The number of hydrogen-bond donors (Lipinski definition) is 1. The van der Waals surface area contributed by atoms with Crippen LogP contribution in [0, 0.1) is 0 Å². The zero-order chi connectivity index (χ0) is 20.9. The summed E-state index contributed by atoms with van der Waals surface area (Å²) < 4.78 is 7.60. The quantitative estimate of drug-likeness (QED) is 0.420. The van der Waals surface area contributed by atoms with Gasteiger partial charge in [0.2, 0.25) is 0 Å². The van der Waals surface area contributed by atoms with Crippen molar-refractivity contribution in [3.05, 3.63) is 101 Å². The van der Waals surface area contributed by atoms with Crippen LogP contribution in [0.1, 0.15) is 15.9 Å². The number of rotatable bonds is 6. The highest BCUT2D eigenvalue weighted by atomic mass is 35.5. The summed E-state index contributed by atoms with van der Waals surface area (Å²) in [6.07, 6.45) is 3.12. The van der Waals surface area contributed by atoms with Gasteiger partial charge in [0.1, 0.15) is 18.4 Å². The van der Waals surface area contributed by atoms with Crippen molar-refractivity contribution in [1.29, 1.82) is 0 Å². The Kier molecular flexibility index (Phi) is 5.97. The third-order valence-electron chi connectivity index (χ3n) is 4.26. The maximum atomic E-state index is 12.7. The van der Waals surface area contributed by atoms with E-state index in [-0.39, 0.29) is 5.91 Å². The Morgan fingerprint density at radius 1 is 0.967 bits per heavy atom. The first-order valence-electron chi connectivity index (χ1n) is 9.02. The fourth-order valence-electron chi connectivity index (χ4n) is 2.78. The zero-order valence-electron chi connectivity index (χ0n) is 15.6. The van der Waals surface area contributed by atoms with Crippen molar-refractivity contribution in [2.75, 3.05) is 5.32 Å². The van der Waals surface area contributed by atoms with Gasteiger partial charge in [0, 0.05) is 15.6 Å². The molecule has 1 amide bonds. The SMILES string of the molecule is O=C(Nc1cc(Cl)ccc1Oc1ccc(Cl)cc1)c1ccc(Cn2cncn2)cc1. The summed E-state index contributed by atoms with van der Waals surface area (Å²) in [6.45, 7) is 0.579. The molecule has 1 heterocycles. The van der Waals surface area contributed by atoms with Crippen LogP contribution in [-0.2, 0) is 6.54 Å². The van der Waals surface area contributed by atoms with Crippen LogP contribution in [0.2, 0.25) is 10.0 Å². The summed E-state index contributed by atoms with van der Waals surface area (Å²) in [4.78, 5) is 16.7. The fourth-order valence-corrected chi connectivity index (χ4v) is 3.07. The van der Waals surface area contributed by atoms with Crippen LogP contribution in [0.3, 0.4) is 0 Å². The number of ether oxygens (including phenoxy) is 1. The largest absolute Gasteiger partial charge is 0.455 e. The van der Waals surface area contributed by atoms with Crippen molar-refractivity contribution in [3.8, 4) is 11.5 Å². The van der Waals surface area contributed by atoms with Crippen LogP contribution >= 0.6 is 23.2 Å². The molecule has 0 bridgehead atoms. The minimum absolute atomic E-state index is 0.273. The first kappa shape index (κ1) is 19.9. The summed E-state index contributed by atoms with van der Waals surface area (Å²) in [6, 6.07) is 19.3. The second-order valence-electron chi connectivity index (χ2n) is 6.44. The lowest BCUT2D eigenvalue weighted by atomic mass is 10.1. The van der Waals surface area contributed by atoms with Crippen molar-refractivity contribution in [1.82, 2.24) is 14.8 Å². The smallest absolute Gasteiger partial charge is 0.255 e. The topological polar surface area (TPSA) is 69.0 Å². The molecule has 0 aliphatic rings. The Morgan fingerprint density at radius 2 is 1.70 bits per heavy atom. The molecule has 0 unspecified atom stereocenters. The average molecular weight is 439 g/mol. The molecule has 0 radical (unpaired) electrons. The average Bonchev–Trinajstić information content (AvgIpc) is 3.25. The molecule has 0 fully saturated rings. The standard InChI is InChI=1S/C22H16Cl2N4O2/c23-17-5-8-19(9-6-17)30-21-10-7-18(24)11-20(21)27-22(29)16-3-1-15(2-4-16)12-28-14-25-13-26-28/h1-11,13-14H,12H2,(H,27,29). The summed E-state index contributed by atoms with van der Waals surface area (Å²) in [7, 11) is 0. The maximum Gasteiger partial charge on any atom is 0.255 e. The first-order valence-corrected chi connectivity index (χ1v) is 9.78. The fraction of sp³-hybridized carbons (Fsp3) is 0.0455. The molecule has 150 valence electrons. The van der Waals surface area contributed by atoms with Crippen LogP contribution in [0.15, 0.2) is 79.4 Å².